The molecule has 2 heterocycles. The molecular weight excluding hydrogens is 336 g/mol. The molecule has 25 heavy (non-hydrogen) atoms. The maximum Gasteiger partial charge on any atom is 0.232 e. The molecule has 0 radical (unpaired) electrons. The number of benzene rings is 2. The molecule has 0 fully saturated rings. The Labute approximate surface area is 150 Å². The molecular formula is C20H17ClN2O2. The Kier molecular flexibility index (Phi) is 4.06. The third-order valence-electron chi connectivity index (χ3n) is 4.49. The van der Waals surface area contributed by atoms with E-state index in [2.05, 4.69) is 10.3 Å². The van der Waals surface area contributed by atoms with Crippen LogP contribution in [0.1, 0.15) is 24.8 Å². The summed E-state index contributed by atoms with van der Waals surface area (Å²) in [4.78, 5) is 17.2. The summed E-state index contributed by atoms with van der Waals surface area (Å²) >= 11 is 6.12. The zero-order chi connectivity index (χ0) is 17.4. The molecule has 1 aromatic heterocycles. The van der Waals surface area contributed by atoms with Gasteiger partial charge in [-0.1, -0.05) is 35.9 Å². The molecule has 0 saturated heterocycles. The van der Waals surface area contributed by atoms with E-state index in [1.165, 1.54) is 0 Å². The number of amides is 1. The van der Waals surface area contributed by atoms with Crippen molar-refractivity contribution in [2.24, 2.45) is 0 Å². The fourth-order valence-electron chi connectivity index (χ4n) is 3.31. The second kappa shape index (κ2) is 6.37. The first kappa shape index (κ1) is 15.9. The number of pyridine rings is 1. The van der Waals surface area contributed by atoms with E-state index in [-0.39, 0.29) is 17.9 Å². The molecule has 2 aromatic carbocycles. The van der Waals surface area contributed by atoms with E-state index < -0.39 is 0 Å². The molecule has 4 nitrogen and oxygen atoms in total. The summed E-state index contributed by atoms with van der Waals surface area (Å²) in [5.74, 6) is 0.340. The smallest absolute Gasteiger partial charge is 0.232 e. The molecule has 1 aliphatic heterocycles. The van der Waals surface area contributed by atoms with Crippen molar-refractivity contribution in [3.05, 3.63) is 65.4 Å². The number of anilines is 1. The fraction of sp³-hybridized carbons (Fsp3) is 0.200. The van der Waals surface area contributed by atoms with Gasteiger partial charge in [0.15, 0.2) is 0 Å². The Balaban J connectivity index is 1.68. The van der Waals surface area contributed by atoms with Crippen LogP contribution in [-0.2, 0) is 4.79 Å². The van der Waals surface area contributed by atoms with Crippen LogP contribution in [0.4, 0.5) is 5.69 Å². The zero-order valence-electron chi connectivity index (χ0n) is 13.7. The lowest BCUT2D eigenvalue weighted by Gasteiger charge is -2.30. The van der Waals surface area contributed by atoms with Crippen molar-refractivity contribution in [2.45, 2.75) is 25.4 Å². The third kappa shape index (κ3) is 3.05. The van der Waals surface area contributed by atoms with Crippen LogP contribution in [0.15, 0.2) is 54.9 Å². The van der Waals surface area contributed by atoms with Gasteiger partial charge in [0.05, 0.1) is 23.9 Å². The van der Waals surface area contributed by atoms with Gasteiger partial charge in [0, 0.05) is 27.6 Å². The summed E-state index contributed by atoms with van der Waals surface area (Å²) in [5.41, 5.74) is 1.54. The quantitative estimate of drug-likeness (QED) is 0.722. The van der Waals surface area contributed by atoms with Crippen molar-refractivity contribution in [1.29, 1.82) is 0 Å². The normalized spacial score (nSPS) is 19.1. The second-order valence-electron chi connectivity index (χ2n) is 6.30. The minimum absolute atomic E-state index is 0.0323. The minimum Gasteiger partial charge on any atom is -0.490 e. The first-order valence-electron chi connectivity index (χ1n) is 8.21. The molecule has 1 N–H and O–H groups in total. The van der Waals surface area contributed by atoms with Crippen molar-refractivity contribution in [3.63, 3.8) is 0 Å². The highest BCUT2D eigenvalue weighted by molar-refractivity contribution is 6.30. The first-order chi connectivity index (χ1) is 12.1. The molecule has 4 rings (SSSR count). The van der Waals surface area contributed by atoms with E-state index in [0.717, 1.165) is 22.1 Å². The van der Waals surface area contributed by atoms with Crippen LogP contribution >= 0.6 is 11.6 Å². The summed E-state index contributed by atoms with van der Waals surface area (Å²) in [6.07, 6.45) is 4.05. The number of rotatable bonds is 2. The first-order valence-corrected chi connectivity index (χ1v) is 8.59. The van der Waals surface area contributed by atoms with Gasteiger partial charge in [0.1, 0.15) is 5.75 Å². The number of nitrogens with one attached hydrogen (secondary N) is 1. The van der Waals surface area contributed by atoms with Crippen LogP contribution in [0, 0.1) is 0 Å². The molecule has 5 heteroatoms. The average Bonchev–Trinajstić information content (AvgIpc) is 2.61. The summed E-state index contributed by atoms with van der Waals surface area (Å²) in [7, 11) is 0. The van der Waals surface area contributed by atoms with E-state index in [1.807, 2.05) is 43.3 Å². The van der Waals surface area contributed by atoms with Gasteiger partial charge in [0.25, 0.3) is 0 Å². The van der Waals surface area contributed by atoms with Gasteiger partial charge in [-0.25, -0.2) is 0 Å². The third-order valence-corrected chi connectivity index (χ3v) is 4.72. The summed E-state index contributed by atoms with van der Waals surface area (Å²) < 4.78 is 5.84. The lowest BCUT2D eigenvalue weighted by atomic mass is 9.89. The maximum atomic E-state index is 13.0. The lowest BCUT2D eigenvalue weighted by molar-refractivity contribution is -0.118. The Morgan fingerprint density at radius 1 is 1.24 bits per heavy atom. The largest absolute Gasteiger partial charge is 0.490 e. The van der Waals surface area contributed by atoms with Crippen LogP contribution in [0.2, 0.25) is 5.02 Å². The van der Waals surface area contributed by atoms with Gasteiger partial charge in [-0.3, -0.25) is 9.78 Å². The molecule has 3 aromatic rings. The Morgan fingerprint density at radius 3 is 2.96 bits per heavy atom. The number of carbonyl (C=O) groups is 1. The number of aromatic nitrogens is 1. The molecule has 126 valence electrons. The van der Waals surface area contributed by atoms with Gasteiger partial charge < -0.3 is 10.1 Å². The van der Waals surface area contributed by atoms with Crippen LogP contribution in [0.5, 0.6) is 5.75 Å². The summed E-state index contributed by atoms with van der Waals surface area (Å²) in [6, 6.07) is 13.3. The molecule has 1 amide bonds. The van der Waals surface area contributed by atoms with Crippen LogP contribution in [0.25, 0.3) is 10.8 Å². The van der Waals surface area contributed by atoms with Gasteiger partial charge in [-0.15, -0.1) is 0 Å². The van der Waals surface area contributed by atoms with Crippen molar-refractivity contribution in [3.8, 4) is 5.75 Å². The number of halogens is 1. The van der Waals surface area contributed by atoms with Gasteiger partial charge >= 0.3 is 0 Å². The van der Waals surface area contributed by atoms with Gasteiger partial charge in [-0.2, -0.15) is 0 Å². The predicted octanol–water partition coefficient (Wildman–Crippen LogP) is 4.78. The monoisotopic (exact) mass is 352 g/mol. The van der Waals surface area contributed by atoms with E-state index in [1.54, 1.807) is 18.5 Å². The number of nitrogens with zero attached hydrogens (tertiary/aromatic N) is 1. The molecule has 0 spiro atoms. The Bertz CT molecular complexity index is 952. The predicted molar refractivity (Wildman–Crippen MR) is 99.3 cm³/mol. The number of fused-ring (bicyclic) bond motifs is 2. The lowest BCUT2D eigenvalue weighted by Crippen LogP contribution is -2.30. The summed E-state index contributed by atoms with van der Waals surface area (Å²) in [5, 5.41) is 5.59. The highest BCUT2D eigenvalue weighted by atomic mass is 35.5. The SMILES string of the molecule is C[C@H]1C[C@@H](C(=O)Nc2cncc3ccccc23)c2cc(Cl)ccc2O1. The molecule has 2 atom stereocenters. The standard InChI is InChI=1S/C20H17ClN2O2/c1-12-8-17(16-9-14(21)6-7-19(16)25-12)20(24)23-18-11-22-10-13-4-2-3-5-15(13)18/h2-7,9-12,17H,8H2,1H3,(H,23,24)/t12-,17+/m0/s1. The molecule has 1 aliphatic rings. The highest BCUT2D eigenvalue weighted by Crippen LogP contribution is 2.38. The second-order valence-corrected chi connectivity index (χ2v) is 6.73. The van der Waals surface area contributed by atoms with Crippen LogP contribution < -0.4 is 10.1 Å². The van der Waals surface area contributed by atoms with E-state index in [9.17, 15) is 4.79 Å². The average molecular weight is 353 g/mol. The molecule has 0 saturated carbocycles. The minimum atomic E-state index is -0.309. The number of hydrogen-bond acceptors (Lipinski definition) is 3. The van der Waals surface area contributed by atoms with Crippen LogP contribution in [-0.4, -0.2) is 17.0 Å². The van der Waals surface area contributed by atoms with E-state index in [0.29, 0.717) is 17.1 Å². The Hall–Kier alpha value is -2.59. The van der Waals surface area contributed by atoms with Crippen molar-refractivity contribution in [2.75, 3.05) is 5.32 Å². The van der Waals surface area contributed by atoms with Gasteiger partial charge in [0.2, 0.25) is 5.91 Å². The summed E-state index contributed by atoms with van der Waals surface area (Å²) in [6.45, 7) is 1.97. The number of ether oxygens (including phenoxy) is 1. The van der Waals surface area contributed by atoms with Crippen molar-refractivity contribution < 1.29 is 9.53 Å². The van der Waals surface area contributed by atoms with Crippen molar-refractivity contribution in [1.82, 2.24) is 4.98 Å². The van der Waals surface area contributed by atoms with Crippen LogP contribution in [0.3, 0.4) is 0 Å². The van der Waals surface area contributed by atoms with Gasteiger partial charge in [-0.05, 0) is 31.5 Å². The number of hydrogen-bond donors (Lipinski definition) is 1. The fourth-order valence-corrected chi connectivity index (χ4v) is 3.49. The zero-order valence-corrected chi connectivity index (χ0v) is 14.5. The van der Waals surface area contributed by atoms with Crippen molar-refractivity contribution >= 4 is 34.0 Å². The van der Waals surface area contributed by atoms with E-state index >= 15 is 0 Å². The highest BCUT2D eigenvalue weighted by Gasteiger charge is 2.31. The maximum absolute atomic E-state index is 13.0. The molecule has 0 aliphatic carbocycles. The molecule has 0 bridgehead atoms. The Morgan fingerprint density at radius 2 is 2.08 bits per heavy atom. The topological polar surface area (TPSA) is 51.2 Å². The number of carbonyl (C=O) groups excluding carboxylic acids is 1. The molecule has 0 unspecified atom stereocenters. The van der Waals surface area contributed by atoms with E-state index in [4.69, 9.17) is 16.3 Å².